The summed E-state index contributed by atoms with van der Waals surface area (Å²) in [4.78, 5) is 16.5. The molecule has 0 unspecified atom stereocenters. The Balaban J connectivity index is 1.68. The van der Waals surface area contributed by atoms with Crippen LogP contribution in [0.4, 0.5) is 15.8 Å². The molecule has 3 rings (SSSR count). The van der Waals surface area contributed by atoms with E-state index >= 15 is 0 Å². The van der Waals surface area contributed by atoms with Crippen molar-refractivity contribution in [2.45, 2.75) is 0 Å². The lowest BCUT2D eigenvalue weighted by Gasteiger charge is -2.36. The van der Waals surface area contributed by atoms with E-state index < -0.39 is 0 Å². The van der Waals surface area contributed by atoms with E-state index in [4.69, 9.17) is 21.1 Å². The summed E-state index contributed by atoms with van der Waals surface area (Å²) in [6.07, 6.45) is 1.35. The van der Waals surface area contributed by atoms with E-state index in [1.807, 2.05) is 6.07 Å². The zero-order valence-electron chi connectivity index (χ0n) is 17.2. The topological polar surface area (TPSA) is 77.8 Å². The van der Waals surface area contributed by atoms with E-state index in [2.05, 4.69) is 10.2 Å². The molecule has 0 radical (unpaired) electrons. The molecule has 0 spiro atoms. The van der Waals surface area contributed by atoms with E-state index in [1.54, 1.807) is 29.2 Å². The molecule has 2 aromatic rings. The number of rotatable bonds is 6. The van der Waals surface area contributed by atoms with Gasteiger partial charge in [-0.1, -0.05) is 11.6 Å². The molecule has 0 saturated carbocycles. The number of carbonyl (C=O) groups is 1. The number of piperazine rings is 1. The van der Waals surface area contributed by atoms with Gasteiger partial charge in [0.1, 0.15) is 29.0 Å². The molecule has 9 heteroatoms. The second kappa shape index (κ2) is 10.0. The third kappa shape index (κ3) is 5.19. The smallest absolute Gasteiger partial charge is 0.266 e. The summed E-state index contributed by atoms with van der Waals surface area (Å²) in [5.74, 6) is 0.220. The molecule has 1 amide bonds. The molecule has 0 aromatic heterocycles. The fourth-order valence-electron chi connectivity index (χ4n) is 3.25. The number of hydrogen-bond donors (Lipinski definition) is 1. The number of carbonyl (C=O) groups excluding carboxylic acids is 1. The van der Waals surface area contributed by atoms with Crippen molar-refractivity contribution in [2.75, 3.05) is 50.6 Å². The van der Waals surface area contributed by atoms with Crippen LogP contribution in [-0.4, -0.2) is 51.2 Å². The Morgan fingerprint density at radius 1 is 1.13 bits per heavy atom. The third-order valence-electron chi connectivity index (χ3n) is 4.96. The van der Waals surface area contributed by atoms with Crippen molar-refractivity contribution < 1.29 is 18.7 Å². The second-order valence-electron chi connectivity index (χ2n) is 6.76. The molecule has 162 valence electrons. The van der Waals surface area contributed by atoms with Crippen molar-refractivity contribution in [1.29, 1.82) is 5.26 Å². The van der Waals surface area contributed by atoms with Gasteiger partial charge in [-0.05, 0) is 24.3 Å². The molecule has 1 aliphatic heterocycles. The van der Waals surface area contributed by atoms with E-state index in [0.29, 0.717) is 48.4 Å². The molecule has 0 atom stereocenters. The Morgan fingerprint density at radius 2 is 1.77 bits per heavy atom. The molecular weight excluding hydrogens is 423 g/mol. The highest BCUT2D eigenvalue weighted by molar-refractivity contribution is 6.32. The maximum atomic E-state index is 13.1. The first-order valence-corrected chi connectivity index (χ1v) is 9.92. The maximum Gasteiger partial charge on any atom is 0.266 e. The minimum absolute atomic E-state index is 0.0359. The molecule has 31 heavy (non-hydrogen) atoms. The Bertz CT molecular complexity index is 1010. The number of nitriles is 1. The third-order valence-corrected chi connectivity index (χ3v) is 5.25. The van der Waals surface area contributed by atoms with Crippen molar-refractivity contribution in [1.82, 2.24) is 4.90 Å². The lowest BCUT2D eigenvalue weighted by Crippen LogP contribution is -2.49. The summed E-state index contributed by atoms with van der Waals surface area (Å²) in [7, 11) is 2.98. The van der Waals surface area contributed by atoms with Crippen LogP contribution >= 0.6 is 11.6 Å². The SMILES string of the molecule is COc1cc(N/C=C(/C#N)C(=O)N2CCN(c3ccc(F)cc3)CC2)c(OC)cc1Cl. The average Bonchev–Trinajstić information content (AvgIpc) is 2.80. The fraction of sp³-hybridized carbons (Fsp3) is 0.273. The van der Waals surface area contributed by atoms with Crippen LogP contribution in [-0.2, 0) is 4.79 Å². The van der Waals surface area contributed by atoms with Crippen LogP contribution in [0, 0.1) is 17.1 Å². The van der Waals surface area contributed by atoms with Gasteiger partial charge >= 0.3 is 0 Å². The lowest BCUT2D eigenvalue weighted by molar-refractivity contribution is -0.127. The maximum absolute atomic E-state index is 13.1. The number of hydrogen-bond acceptors (Lipinski definition) is 6. The number of ether oxygens (including phenoxy) is 2. The van der Waals surface area contributed by atoms with Crippen LogP contribution in [0.3, 0.4) is 0 Å². The molecule has 0 bridgehead atoms. The summed E-state index contributed by atoms with van der Waals surface area (Å²) in [5, 5.41) is 12.8. The minimum Gasteiger partial charge on any atom is -0.495 e. The van der Waals surface area contributed by atoms with Gasteiger partial charge in [-0.15, -0.1) is 0 Å². The van der Waals surface area contributed by atoms with Gasteiger partial charge in [-0.25, -0.2) is 4.39 Å². The van der Waals surface area contributed by atoms with Gasteiger partial charge in [0, 0.05) is 50.2 Å². The first-order valence-electron chi connectivity index (χ1n) is 9.55. The largest absolute Gasteiger partial charge is 0.495 e. The fourth-order valence-corrected chi connectivity index (χ4v) is 3.49. The van der Waals surface area contributed by atoms with Gasteiger partial charge < -0.3 is 24.6 Å². The number of anilines is 2. The van der Waals surface area contributed by atoms with Crippen LogP contribution in [0.5, 0.6) is 11.5 Å². The normalized spacial score (nSPS) is 14.1. The molecule has 1 saturated heterocycles. The molecule has 1 fully saturated rings. The number of nitrogens with one attached hydrogen (secondary N) is 1. The first-order chi connectivity index (χ1) is 15.0. The zero-order valence-corrected chi connectivity index (χ0v) is 17.9. The standard InChI is InChI=1S/C22H22ClFN4O3/c1-30-20-12-19(21(31-2)11-18(20)23)26-14-15(13-25)22(29)28-9-7-27(8-10-28)17-5-3-16(24)4-6-17/h3-6,11-12,14,26H,7-10H2,1-2H3/b15-14-. The number of benzene rings is 2. The molecule has 1 N–H and O–H groups in total. The van der Waals surface area contributed by atoms with E-state index in [-0.39, 0.29) is 17.3 Å². The zero-order chi connectivity index (χ0) is 22.4. The monoisotopic (exact) mass is 444 g/mol. The summed E-state index contributed by atoms with van der Waals surface area (Å²) in [6, 6.07) is 11.4. The highest BCUT2D eigenvalue weighted by Crippen LogP contribution is 2.36. The van der Waals surface area contributed by atoms with Crippen LogP contribution in [0.2, 0.25) is 5.02 Å². The first kappa shape index (κ1) is 22.2. The van der Waals surface area contributed by atoms with Crippen molar-refractivity contribution >= 4 is 28.9 Å². The van der Waals surface area contributed by atoms with E-state index in [9.17, 15) is 14.4 Å². The quantitative estimate of drug-likeness (QED) is 0.541. The number of amides is 1. The highest BCUT2D eigenvalue weighted by atomic mass is 35.5. The number of halogens is 2. The van der Waals surface area contributed by atoms with Crippen molar-refractivity contribution in [2.24, 2.45) is 0 Å². The number of methoxy groups -OCH3 is 2. The lowest BCUT2D eigenvalue weighted by atomic mass is 10.2. The summed E-state index contributed by atoms with van der Waals surface area (Å²) < 4.78 is 23.6. The Kier molecular flexibility index (Phi) is 7.21. The van der Waals surface area contributed by atoms with Crippen LogP contribution < -0.4 is 19.7 Å². The van der Waals surface area contributed by atoms with Gasteiger partial charge in [0.05, 0.1) is 24.9 Å². The second-order valence-corrected chi connectivity index (χ2v) is 7.16. The Labute approximate surface area is 185 Å². The highest BCUT2D eigenvalue weighted by Gasteiger charge is 2.24. The van der Waals surface area contributed by atoms with E-state index in [0.717, 1.165) is 5.69 Å². The predicted octanol–water partition coefficient (Wildman–Crippen LogP) is 3.66. The van der Waals surface area contributed by atoms with Gasteiger partial charge in [0.15, 0.2) is 0 Å². The van der Waals surface area contributed by atoms with Crippen molar-refractivity contribution in [3.63, 3.8) is 0 Å². The summed E-state index contributed by atoms with van der Waals surface area (Å²) >= 11 is 6.10. The molecule has 2 aromatic carbocycles. The molecule has 1 aliphatic rings. The minimum atomic E-state index is -0.367. The van der Waals surface area contributed by atoms with E-state index in [1.165, 1.54) is 32.6 Å². The van der Waals surface area contributed by atoms with Gasteiger partial charge in [0.2, 0.25) is 0 Å². The summed E-state index contributed by atoms with van der Waals surface area (Å²) in [6.45, 7) is 2.08. The Morgan fingerprint density at radius 3 is 2.35 bits per heavy atom. The molecule has 0 aliphatic carbocycles. The average molecular weight is 445 g/mol. The molecule has 7 nitrogen and oxygen atoms in total. The summed E-state index contributed by atoms with van der Waals surface area (Å²) in [5.41, 5.74) is 1.37. The van der Waals surface area contributed by atoms with Gasteiger partial charge in [0.25, 0.3) is 5.91 Å². The van der Waals surface area contributed by atoms with Crippen LogP contribution in [0.15, 0.2) is 48.2 Å². The van der Waals surface area contributed by atoms with Gasteiger partial charge in [-0.2, -0.15) is 5.26 Å². The number of nitrogens with zero attached hydrogens (tertiary/aromatic N) is 3. The Hall–Kier alpha value is -3.44. The molecular formula is C22H22ClFN4O3. The predicted molar refractivity (Wildman–Crippen MR) is 117 cm³/mol. The van der Waals surface area contributed by atoms with Crippen molar-refractivity contribution in [3.8, 4) is 17.6 Å². The van der Waals surface area contributed by atoms with Crippen LogP contribution in [0.25, 0.3) is 0 Å². The van der Waals surface area contributed by atoms with Gasteiger partial charge in [-0.3, -0.25) is 4.79 Å². The van der Waals surface area contributed by atoms with Crippen LogP contribution in [0.1, 0.15) is 0 Å². The molecule has 1 heterocycles. The van der Waals surface area contributed by atoms with Crippen molar-refractivity contribution in [3.05, 3.63) is 59.0 Å².